The third-order valence-electron chi connectivity index (χ3n) is 0.670. The molecule has 0 radical (unpaired) electrons. The van der Waals surface area contributed by atoms with Crippen molar-refractivity contribution in [1.29, 1.82) is 0 Å². The molecule has 0 aromatic heterocycles. The quantitative estimate of drug-likeness (QED) is 0.306. The van der Waals surface area contributed by atoms with Crippen molar-refractivity contribution in [3.63, 3.8) is 0 Å². The Morgan fingerprint density at radius 1 is 0.938 bits per heavy atom. The van der Waals surface area contributed by atoms with E-state index in [1.54, 1.807) is 14.2 Å². The molecule has 0 rings (SSSR count). The second-order valence-electron chi connectivity index (χ2n) is 1.88. The average molecular weight is 309 g/mol. The molecule has 0 saturated heterocycles. The van der Waals surface area contributed by atoms with Gasteiger partial charge in [-0.2, -0.15) is 0 Å². The van der Waals surface area contributed by atoms with Crippen LogP contribution in [0.1, 0.15) is 0 Å². The Bertz CT molecular complexity index is 310. The first kappa shape index (κ1) is 22.5. The Morgan fingerprint density at radius 3 is 1.25 bits per heavy atom. The van der Waals surface area contributed by atoms with Crippen molar-refractivity contribution in [2.24, 2.45) is 0 Å². The Kier molecular flexibility index (Phi) is 16.0. The molecule has 0 fully saturated rings. The van der Waals surface area contributed by atoms with E-state index < -0.39 is 20.8 Å². The van der Waals surface area contributed by atoms with Gasteiger partial charge in [-0.1, -0.05) is 0 Å². The summed E-state index contributed by atoms with van der Waals surface area (Å²) in [6.45, 7) is 1.38. The third kappa shape index (κ3) is 29.5. The topological polar surface area (TPSA) is 101 Å². The van der Waals surface area contributed by atoms with Crippen LogP contribution in [0.5, 0.6) is 0 Å². The molecule has 0 unspecified atom stereocenters. The molecule has 0 aliphatic carbocycles. The van der Waals surface area contributed by atoms with Gasteiger partial charge in [-0.05, 0) is 0 Å². The zero-order valence-electron chi connectivity index (χ0n) is 8.88. The molecule has 0 aromatic rings. The molecule has 16 heavy (non-hydrogen) atoms. The van der Waals surface area contributed by atoms with Crippen LogP contribution < -0.4 is 51.4 Å². The van der Waals surface area contributed by atoms with Crippen LogP contribution in [-0.2, 0) is 30.3 Å². The van der Waals surface area contributed by atoms with Crippen LogP contribution in [0.15, 0.2) is 0 Å². The third-order valence-corrected chi connectivity index (χ3v) is 2.09. The molecule has 0 heterocycles. The van der Waals surface area contributed by atoms with E-state index in [0.717, 1.165) is 4.13 Å². The summed E-state index contributed by atoms with van der Waals surface area (Å²) in [4.78, 5) is 0. The summed E-state index contributed by atoms with van der Waals surface area (Å²) >= 11 is 0. The van der Waals surface area contributed by atoms with Gasteiger partial charge in [0.05, 0.1) is 13.2 Å². The Balaban J connectivity index is -0.000000214. The van der Waals surface area contributed by atoms with Crippen LogP contribution in [0, 0.1) is 0 Å². The summed E-state index contributed by atoms with van der Waals surface area (Å²) in [6.07, 6.45) is 0. The van der Waals surface area contributed by atoms with Gasteiger partial charge in [0.1, 0.15) is 0 Å². The SMILES string of the molecule is COCCOC.O=S(=O)(F)[N-]S(=O)(=O)F.[K+]. The zero-order chi connectivity index (χ0) is 12.5. The first-order valence-corrected chi connectivity index (χ1v) is 5.92. The summed E-state index contributed by atoms with van der Waals surface area (Å²) in [6, 6.07) is 0. The first-order valence-electron chi connectivity index (χ1n) is 3.23. The standard InChI is InChI=1S/C4H10O2.F2NO4S2.K/c1-5-3-4-6-2;1-8(4,5)3-9(2,6)7;/h3-4H2,1-2H3;;/q;-1;+1. The minimum atomic E-state index is -5.62. The molecule has 0 saturated carbocycles. The molecule has 12 heteroatoms. The smallest absolute Gasteiger partial charge is 0.382 e. The Hall–Kier alpha value is 1.28. The van der Waals surface area contributed by atoms with Crippen molar-refractivity contribution in [3.05, 3.63) is 4.13 Å². The minimum Gasteiger partial charge on any atom is -0.382 e. The molecule has 0 spiro atoms. The van der Waals surface area contributed by atoms with E-state index in [1.807, 2.05) is 0 Å². The number of halogens is 2. The second kappa shape index (κ2) is 11.4. The molecule has 0 aromatic carbocycles. The Morgan fingerprint density at radius 2 is 1.19 bits per heavy atom. The second-order valence-corrected chi connectivity index (χ2v) is 4.13. The maximum absolute atomic E-state index is 11.1. The number of rotatable bonds is 5. The van der Waals surface area contributed by atoms with Crippen molar-refractivity contribution in [2.45, 2.75) is 0 Å². The molecule has 0 aliphatic rings. The molecule has 0 atom stereocenters. The van der Waals surface area contributed by atoms with Crippen molar-refractivity contribution < 1.29 is 85.5 Å². The van der Waals surface area contributed by atoms with E-state index >= 15 is 0 Å². The van der Waals surface area contributed by atoms with E-state index in [1.165, 1.54) is 0 Å². The molecular weight excluding hydrogens is 299 g/mol. The number of hydrogen-bond donors (Lipinski definition) is 0. The van der Waals surface area contributed by atoms with Gasteiger partial charge in [-0.3, -0.25) is 0 Å². The van der Waals surface area contributed by atoms with Crippen molar-refractivity contribution in [1.82, 2.24) is 0 Å². The van der Waals surface area contributed by atoms with Gasteiger partial charge in [-0.25, -0.2) is 16.8 Å². The molecule has 0 bridgehead atoms. The summed E-state index contributed by atoms with van der Waals surface area (Å²) < 4.78 is 69.4. The number of ether oxygens (including phenoxy) is 2. The fraction of sp³-hybridized carbons (Fsp3) is 1.00. The van der Waals surface area contributed by atoms with Gasteiger partial charge < -0.3 is 13.6 Å². The molecule has 7 nitrogen and oxygen atoms in total. The van der Waals surface area contributed by atoms with Gasteiger partial charge >= 0.3 is 51.4 Å². The van der Waals surface area contributed by atoms with Crippen molar-refractivity contribution >= 4 is 20.8 Å². The summed E-state index contributed by atoms with van der Waals surface area (Å²) in [7, 11) is -7.94. The van der Waals surface area contributed by atoms with Crippen LogP contribution in [0.25, 0.3) is 4.13 Å². The van der Waals surface area contributed by atoms with Crippen LogP contribution in [0.2, 0.25) is 0 Å². The fourth-order valence-electron chi connectivity index (χ4n) is 0.273. The maximum Gasteiger partial charge on any atom is 1.00 e. The molecule has 94 valence electrons. The molecule has 0 amide bonds. The van der Waals surface area contributed by atoms with Crippen LogP contribution in [0.4, 0.5) is 7.77 Å². The Labute approximate surface area is 136 Å². The van der Waals surface area contributed by atoms with E-state index in [-0.39, 0.29) is 51.4 Å². The van der Waals surface area contributed by atoms with Crippen LogP contribution in [-0.4, -0.2) is 44.3 Å². The number of nitrogens with zero attached hydrogens (tertiary/aromatic N) is 1. The summed E-state index contributed by atoms with van der Waals surface area (Å²) in [5.41, 5.74) is 0. The van der Waals surface area contributed by atoms with Gasteiger partial charge in [0.2, 0.25) is 20.8 Å². The van der Waals surface area contributed by atoms with Gasteiger partial charge in [0.15, 0.2) is 0 Å². The normalized spacial score (nSPS) is 11.0. The summed E-state index contributed by atoms with van der Waals surface area (Å²) in [5, 5.41) is 0. The fourth-order valence-corrected chi connectivity index (χ4v) is 1.12. The van der Waals surface area contributed by atoms with Gasteiger partial charge in [0.25, 0.3) is 0 Å². The van der Waals surface area contributed by atoms with E-state index in [0.29, 0.717) is 13.2 Å². The molecule has 0 aliphatic heterocycles. The number of hydrogen-bond acceptors (Lipinski definition) is 6. The predicted molar refractivity (Wildman–Crippen MR) is 47.2 cm³/mol. The zero-order valence-corrected chi connectivity index (χ0v) is 13.6. The molecule has 0 N–H and O–H groups in total. The minimum absolute atomic E-state index is 0. The number of methoxy groups -OCH3 is 2. The molecular formula is C4H10F2KNO6S2. The monoisotopic (exact) mass is 309 g/mol. The maximum atomic E-state index is 11.1. The van der Waals surface area contributed by atoms with Gasteiger partial charge in [0, 0.05) is 14.2 Å². The van der Waals surface area contributed by atoms with Crippen LogP contribution in [0.3, 0.4) is 0 Å². The van der Waals surface area contributed by atoms with Crippen molar-refractivity contribution in [2.75, 3.05) is 27.4 Å². The largest absolute Gasteiger partial charge is 1.00 e. The average Bonchev–Trinajstić information content (AvgIpc) is 1.94. The summed E-state index contributed by atoms with van der Waals surface area (Å²) in [5.74, 6) is 0. The van der Waals surface area contributed by atoms with Crippen LogP contribution >= 0.6 is 0 Å². The first-order chi connectivity index (χ1) is 6.62. The van der Waals surface area contributed by atoms with Gasteiger partial charge in [-0.15, -0.1) is 7.77 Å². The van der Waals surface area contributed by atoms with Crippen molar-refractivity contribution in [3.8, 4) is 0 Å². The van der Waals surface area contributed by atoms with E-state index in [4.69, 9.17) is 0 Å². The van der Waals surface area contributed by atoms with E-state index in [9.17, 15) is 24.6 Å². The predicted octanol–water partition coefficient (Wildman–Crippen LogP) is -2.93. The van der Waals surface area contributed by atoms with E-state index in [2.05, 4.69) is 9.47 Å².